The Kier molecular flexibility index (Phi) is 4.85. The van der Waals surface area contributed by atoms with Gasteiger partial charge in [-0.1, -0.05) is 29.8 Å². The van der Waals surface area contributed by atoms with Crippen molar-refractivity contribution in [3.05, 3.63) is 58.8 Å². The van der Waals surface area contributed by atoms with E-state index in [0.717, 1.165) is 16.9 Å². The van der Waals surface area contributed by atoms with E-state index in [0.29, 0.717) is 10.6 Å². The molecule has 2 heterocycles. The van der Waals surface area contributed by atoms with Gasteiger partial charge in [0.2, 0.25) is 5.91 Å². The van der Waals surface area contributed by atoms with Gasteiger partial charge in [-0.25, -0.2) is 0 Å². The molecular formula is C18H20N4O2S. The zero-order chi connectivity index (χ0) is 18.0. The van der Waals surface area contributed by atoms with Crippen LogP contribution in [0.15, 0.2) is 47.1 Å². The van der Waals surface area contributed by atoms with Crippen molar-refractivity contribution in [1.82, 2.24) is 19.7 Å². The standard InChI is InChI=1S/C18H20N4O2S/c1-12-6-8-14(9-7-12)17-19-20-18(25)22(17)11-16(23)21(3)13(2)15-5-4-10-24-15/h4-10,13H,11H2,1-3H3,(H,20,25). The SMILES string of the molecule is Cc1ccc(-c2n[nH]c(=S)n2CC(=O)N(C)C(C)c2ccco2)cc1. The first-order chi connectivity index (χ1) is 12.0. The highest BCUT2D eigenvalue weighted by atomic mass is 32.1. The Balaban J connectivity index is 1.83. The fraction of sp³-hybridized carbons (Fsp3) is 0.278. The third-order valence-corrected chi connectivity index (χ3v) is 4.60. The average molecular weight is 356 g/mol. The summed E-state index contributed by atoms with van der Waals surface area (Å²) in [6.45, 7) is 4.06. The number of nitrogens with zero attached hydrogens (tertiary/aromatic N) is 3. The molecule has 0 aliphatic rings. The van der Waals surface area contributed by atoms with Gasteiger partial charge in [0, 0.05) is 12.6 Å². The van der Waals surface area contributed by atoms with Crippen molar-refractivity contribution in [2.24, 2.45) is 0 Å². The molecule has 0 aliphatic carbocycles. The van der Waals surface area contributed by atoms with Crippen LogP contribution in [0.3, 0.4) is 0 Å². The zero-order valence-corrected chi connectivity index (χ0v) is 15.2. The number of benzene rings is 1. The summed E-state index contributed by atoms with van der Waals surface area (Å²) >= 11 is 5.30. The number of hydrogen-bond donors (Lipinski definition) is 1. The molecule has 0 bridgehead atoms. The molecule has 0 aliphatic heterocycles. The Morgan fingerprint density at radius 1 is 1.36 bits per heavy atom. The molecule has 2 aromatic heterocycles. The first-order valence-corrected chi connectivity index (χ1v) is 8.39. The summed E-state index contributed by atoms with van der Waals surface area (Å²) in [5.41, 5.74) is 2.07. The third-order valence-electron chi connectivity index (χ3n) is 4.29. The highest BCUT2D eigenvalue weighted by molar-refractivity contribution is 7.71. The number of likely N-dealkylation sites (N-methyl/N-ethyl adjacent to an activating group) is 1. The Morgan fingerprint density at radius 3 is 2.72 bits per heavy atom. The molecule has 1 aromatic carbocycles. The monoisotopic (exact) mass is 356 g/mol. The minimum Gasteiger partial charge on any atom is -0.467 e. The van der Waals surface area contributed by atoms with Gasteiger partial charge in [-0.3, -0.25) is 14.5 Å². The Morgan fingerprint density at radius 2 is 2.08 bits per heavy atom. The van der Waals surface area contributed by atoms with Gasteiger partial charge < -0.3 is 9.32 Å². The summed E-state index contributed by atoms with van der Waals surface area (Å²) < 4.78 is 7.53. The van der Waals surface area contributed by atoms with Gasteiger partial charge in [0.1, 0.15) is 12.3 Å². The van der Waals surface area contributed by atoms with Gasteiger partial charge in [0.25, 0.3) is 0 Å². The number of aryl methyl sites for hydroxylation is 1. The van der Waals surface area contributed by atoms with E-state index in [1.54, 1.807) is 22.8 Å². The van der Waals surface area contributed by atoms with E-state index in [9.17, 15) is 4.79 Å². The number of H-pyrrole nitrogens is 1. The molecule has 1 N–H and O–H groups in total. The number of carbonyl (C=O) groups is 1. The van der Waals surface area contributed by atoms with Gasteiger partial charge in [-0.2, -0.15) is 5.10 Å². The molecule has 1 atom stereocenters. The van der Waals surface area contributed by atoms with Crippen molar-refractivity contribution in [2.75, 3.05) is 7.05 Å². The van der Waals surface area contributed by atoms with Gasteiger partial charge >= 0.3 is 0 Å². The summed E-state index contributed by atoms with van der Waals surface area (Å²) in [5.74, 6) is 1.32. The van der Waals surface area contributed by atoms with E-state index >= 15 is 0 Å². The predicted molar refractivity (Wildman–Crippen MR) is 97.5 cm³/mol. The second-order valence-electron chi connectivity index (χ2n) is 6.00. The minimum atomic E-state index is -0.161. The van der Waals surface area contributed by atoms with E-state index in [4.69, 9.17) is 16.6 Å². The lowest BCUT2D eigenvalue weighted by atomic mass is 10.1. The fourth-order valence-electron chi connectivity index (χ4n) is 2.57. The first kappa shape index (κ1) is 17.2. The van der Waals surface area contributed by atoms with Crippen LogP contribution in [0.1, 0.15) is 24.3 Å². The maximum Gasteiger partial charge on any atom is 0.243 e. The molecule has 1 unspecified atom stereocenters. The van der Waals surface area contributed by atoms with E-state index in [-0.39, 0.29) is 18.5 Å². The van der Waals surface area contributed by atoms with Crippen LogP contribution in [0.4, 0.5) is 0 Å². The second-order valence-corrected chi connectivity index (χ2v) is 6.39. The fourth-order valence-corrected chi connectivity index (χ4v) is 2.77. The van der Waals surface area contributed by atoms with Gasteiger partial charge in [0.15, 0.2) is 10.6 Å². The average Bonchev–Trinajstić information content (AvgIpc) is 3.25. The summed E-state index contributed by atoms with van der Waals surface area (Å²) in [4.78, 5) is 14.4. The second kappa shape index (κ2) is 7.06. The molecular weight excluding hydrogens is 336 g/mol. The summed E-state index contributed by atoms with van der Waals surface area (Å²) in [7, 11) is 1.75. The lowest BCUT2D eigenvalue weighted by Crippen LogP contribution is -2.32. The number of amides is 1. The van der Waals surface area contributed by atoms with Gasteiger partial charge in [0.05, 0.1) is 12.3 Å². The third kappa shape index (κ3) is 3.56. The molecule has 3 rings (SSSR count). The van der Waals surface area contributed by atoms with Gasteiger partial charge in [-0.15, -0.1) is 0 Å². The molecule has 0 spiro atoms. The lowest BCUT2D eigenvalue weighted by Gasteiger charge is -2.23. The topological polar surface area (TPSA) is 67.1 Å². The van der Waals surface area contributed by atoms with E-state index < -0.39 is 0 Å². The maximum absolute atomic E-state index is 12.7. The Hall–Kier alpha value is -2.67. The first-order valence-electron chi connectivity index (χ1n) is 7.98. The summed E-state index contributed by atoms with van der Waals surface area (Å²) in [5, 5.41) is 7.06. The van der Waals surface area contributed by atoms with Crippen molar-refractivity contribution in [3.8, 4) is 11.4 Å². The highest BCUT2D eigenvalue weighted by Crippen LogP contribution is 2.21. The van der Waals surface area contributed by atoms with Crippen LogP contribution in [0, 0.1) is 11.7 Å². The number of hydrogen-bond acceptors (Lipinski definition) is 4. The van der Waals surface area contributed by atoms with E-state index in [1.807, 2.05) is 50.2 Å². The number of aromatic amines is 1. The smallest absolute Gasteiger partial charge is 0.243 e. The van der Waals surface area contributed by atoms with E-state index in [2.05, 4.69) is 10.2 Å². The predicted octanol–water partition coefficient (Wildman–Crippen LogP) is 3.73. The van der Waals surface area contributed by atoms with Crippen molar-refractivity contribution in [1.29, 1.82) is 0 Å². The number of carbonyl (C=O) groups excluding carboxylic acids is 1. The molecule has 7 heteroatoms. The largest absolute Gasteiger partial charge is 0.467 e. The lowest BCUT2D eigenvalue weighted by molar-refractivity contribution is -0.132. The van der Waals surface area contributed by atoms with Crippen LogP contribution >= 0.6 is 12.2 Å². The van der Waals surface area contributed by atoms with Crippen LogP contribution < -0.4 is 0 Å². The van der Waals surface area contributed by atoms with Crippen LogP contribution in [0.2, 0.25) is 0 Å². The Bertz CT molecular complexity index is 909. The van der Waals surface area contributed by atoms with Crippen LogP contribution in [-0.4, -0.2) is 32.6 Å². The van der Waals surface area contributed by atoms with Crippen molar-refractivity contribution in [3.63, 3.8) is 0 Å². The van der Waals surface area contributed by atoms with Crippen LogP contribution in [-0.2, 0) is 11.3 Å². The van der Waals surface area contributed by atoms with Crippen molar-refractivity contribution in [2.45, 2.75) is 26.4 Å². The summed E-state index contributed by atoms with van der Waals surface area (Å²) in [6, 6.07) is 11.5. The van der Waals surface area contributed by atoms with Gasteiger partial charge in [-0.05, 0) is 38.2 Å². The van der Waals surface area contributed by atoms with Crippen LogP contribution in [0.5, 0.6) is 0 Å². The number of rotatable bonds is 5. The molecule has 130 valence electrons. The molecule has 3 aromatic rings. The molecule has 25 heavy (non-hydrogen) atoms. The number of aromatic nitrogens is 3. The number of furan rings is 1. The molecule has 0 saturated carbocycles. The molecule has 0 saturated heterocycles. The van der Waals surface area contributed by atoms with Crippen molar-refractivity contribution >= 4 is 18.1 Å². The van der Waals surface area contributed by atoms with E-state index in [1.165, 1.54) is 0 Å². The minimum absolute atomic E-state index is 0.0743. The number of nitrogens with one attached hydrogen (secondary N) is 1. The molecule has 0 radical (unpaired) electrons. The Labute approximate surface area is 151 Å². The quantitative estimate of drug-likeness (QED) is 0.708. The normalized spacial score (nSPS) is 12.1. The molecule has 0 fully saturated rings. The van der Waals surface area contributed by atoms with Crippen molar-refractivity contribution < 1.29 is 9.21 Å². The molecule has 1 amide bonds. The molecule has 6 nitrogen and oxygen atoms in total. The van der Waals surface area contributed by atoms with Crippen LogP contribution in [0.25, 0.3) is 11.4 Å². The summed E-state index contributed by atoms with van der Waals surface area (Å²) in [6.07, 6.45) is 1.60. The maximum atomic E-state index is 12.7. The zero-order valence-electron chi connectivity index (χ0n) is 14.4. The highest BCUT2D eigenvalue weighted by Gasteiger charge is 2.21.